The molecule has 5 heteroatoms. The molecule has 0 aliphatic carbocycles. The fourth-order valence-electron chi connectivity index (χ4n) is 1.99. The largest absolute Gasteiger partial charge is 0.493 e. The van der Waals surface area contributed by atoms with Crippen LogP contribution in [0, 0.1) is 5.92 Å². The highest BCUT2D eigenvalue weighted by atomic mass is 16.5. The fourth-order valence-corrected chi connectivity index (χ4v) is 1.99. The second-order valence-corrected chi connectivity index (χ2v) is 5.45. The van der Waals surface area contributed by atoms with Crippen LogP contribution in [0.5, 0.6) is 5.75 Å². The standard InChI is InChI=1S/C17H20N2O3/c1-4-19-17(21)14(10-20)9-16(18-19)13-5-7-15(8-6-13)22-11-12(2)3/h5-10,12H,4,11H2,1-3H3. The number of ether oxygens (including phenoxy) is 1. The molecule has 1 aromatic carbocycles. The average molecular weight is 300 g/mol. The van der Waals surface area contributed by atoms with Crippen molar-refractivity contribution in [1.82, 2.24) is 9.78 Å². The maximum atomic E-state index is 11.9. The van der Waals surface area contributed by atoms with E-state index >= 15 is 0 Å². The summed E-state index contributed by atoms with van der Waals surface area (Å²) in [6.45, 7) is 7.08. The summed E-state index contributed by atoms with van der Waals surface area (Å²) in [5.74, 6) is 1.25. The van der Waals surface area contributed by atoms with E-state index in [1.54, 1.807) is 0 Å². The third-order valence-corrected chi connectivity index (χ3v) is 3.16. The van der Waals surface area contributed by atoms with Crippen molar-refractivity contribution < 1.29 is 9.53 Å². The monoisotopic (exact) mass is 300 g/mol. The third kappa shape index (κ3) is 3.61. The number of carbonyl (C=O) groups is 1. The summed E-state index contributed by atoms with van der Waals surface area (Å²) in [6, 6.07) is 8.99. The molecule has 0 unspecified atom stereocenters. The molecule has 0 bridgehead atoms. The van der Waals surface area contributed by atoms with Gasteiger partial charge in [0.15, 0.2) is 6.29 Å². The Morgan fingerprint density at radius 3 is 2.50 bits per heavy atom. The minimum Gasteiger partial charge on any atom is -0.493 e. The normalized spacial score (nSPS) is 10.7. The maximum absolute atomic E-state index is 11.9. The number of rotatable bonds is 6. The molecule has 0 saturated heterocycles. The number of nitrogens with zero attached hydrogens (tertiary/aromatic N) is 2. The number of carbonyl (C=O) groups excluding carboxylic acids is 1. The predicted octanol–water partition coefficient (Wildman–Crippen LogP) is 2.78. The summed E-state index contributed by atoms with van der Waals surface area (Å²) in [7, 11) is 0. The molecule has 1 aromatic heterocycles. The maximum Gasteiger partial charge on any atom is 0.277 e. The highest BCUT2D eigenvalue weighted by molar-refractivity contribution is 5.76. The van der Waals surface area contributed by atoms with E-state index in [9.17, 15) is 9.59 Å². The van der Waals surface area contributed by atoms with Crippen molar-refractivity contribution in [3.63, 3.8) is 0 Å². The van der Waals surface area contributed by atoms with Gasteiger partial charge < -0.3 is 4.74 Å². The molecule has 0 saturated carbocycles. The molecule has 0 radical (unpaired) electrons. The Balaban J connectivity index is 2.32. The first-order chi connectivity index (χ1) is 10.5. The summed E-state index contributed by atoms with van der Waals surface area (Å²) >= 11 is 0. The summed E-state index contributed by atoms with van der Waals surface area (Å²) in [5, 5.41) is 4.28. The Bertz CT molecular complexity index is 703. The van der Waals surface area contributed by atoms with Crippen LogP contribution in [0.3, 0.4) is 0 Å². The molecule has 0 aliphatic rings. The second-order valence-electron chi connectivity index (χ2n) is 5.45. The Morgan fingerprint density at radius 1 is 1.27 bits per heavy atom. The molecule has 0 aliphatic heterocycles. The smallest absolute Gasteiger partial charge is 0.277 e. The van der Waals surface area contributed by atoms with Gasteiger partial charge in [0.1, 0.15) is 5.75 Å². The van der Waals surface area contributed by atoms with Crippen molar-refractivity contribution in [3.05, 3.63) is 46.2 Å². The zero-order valence-electron chi connectivity index (χ0n) is 13.1. The van der Waals surface area contributed by atoms with Crippen LogP contribution < -0.4 is 10.3 Å². The van der Waals surface area contributed by atoms with Gasteiger partial charge in [-0.2, -0.15) is 5.10 Å². The quantitative estimate of drug-likeness (QED) is 0.770. The molecular formula is C17H20N2O3. The van der Waals surface area contributed by atoms with E-state index in [4.69, 9.17) is 4.74 Å². The molecule has 1 heterocycles. The number of aldehydes is 1. The lowest BCUT2D eigenvalue weighted by Crippen LogP contribution is -2.25. The molecule has 5 nitrogen and oxygen atoms in total. The van der Waals surface area contributed by atoms with Crippen LogP contribution in [0.4, 0.5) is 0 Å². The highest BCUT2D eigenvalue weighted by Gasteiger charge is 2.09. The van der Waals surface area contributed by atoms with Crippen molar-refractivity contribution in [2.75, 3.05) is 6.61 Å². The Morgan fingerprint density at radius 2 is 1.95 bits per heavy atom. The minimum atomic E-state index is -0.363. The molecule has 2 aromatic rings. The summed E-state index contributed by atoms with van der Waals surface area (Å²) in [6.07, 6.45) is 0.569. The SMILES string of the molecule is CCn1nc(-c2ccc(OCC(C)C)cc2)cc(C=O)c1=O. The second kappa shape index (κ2) is 7.02. The Labute approximate surface area is 129 Å². The van der Waals surface area contributed by atoms with Gasteiger partial charge in [-0.05, 0) is 43.2 Å². The first-order valence-electron chi connectivity index (χ1n) is 7.35. The van der Waals surface area contributed by atoms with Crippen LogP contribution >= 0.6 is 0 Å². The molecule has 22 heavy (non-hydrogen) atoms. The van der Waals surface area contributed by atoms with Crippen molar-refractivity contribution in [2.45, 2.75) is 27.3 Å². The van der Waals surface area contributed by atoms with Crippen molar-refractivity contribution in [3.8, 4) is 17.0 Å². The van der Waals surface area contributed by atoms with Crippen LogP contribution in [0.1, 0.15) is 31.1 Å². The van der Waals surface area contributed by atoms with Gasteiger partial charge in [-0.1, -0.05) is 13.8 Å². The van der Waals surface area contributed by atoms with Crippen molar-refractivity contribution in [2.24, 2.45) is 5.92 Å². The van der Waals surface area contributed by atoms with Gasteiger partial charge >= 0.3 is 0 Å². The summed E-state index contributed by atoms with van der Waals surface area (Å²) in [4.78, 5) is 22.9. The molecular weight excluding hydrogens is 280 g/mol. The molecule has 0 N–H and O–H groups in total. The fraction of sp³-hybridized carbons (Fsp3) is 0.353. The van der Waals surface area contributed by atoms with E-state index in [0.29, 0.717) is 31.0 Å². The van der Waals surface area contributed by atoms with E-state index in [0.717, 1.165) is 11.3 Å². The molecule has 0 spiro atoms. The average Bonchev–Trinajstić information content (AvgIpc) is 2.53. The van der Waals surface area contributed by atoms with Gasteiger partial charge in [-0.25, -0.2) is 4.68 Å². The van der Waals surface area contributed by atoms with E-state index < -0.39 is 0 Å². The number of hydrogen-bond acceptors (Lipinski definition) is 4. The van der Waals surface area contributed by atoms with Gasteiger partial charge in [0.25, 0.3) is 5.56 Å². The van der Waals surface area contributed by atoms with E-state index in [1.807, 2.05) is 31.2 Å². The van der Waals surface area contributed by atoms with Crippen LogP contribution in [0.25, 0.3) is 11.3 Å². The number of aromatic nitrogens is 2. The Kier molecular flexibility index (Phi) is 5.09. The van der Waals surface area contributed by atoms with E-state index in [1.165, 1.54) is 10.7 Å². The highest BCUT2D eigenvalue weighted by Crippen LogP contribution is 2.21. The molecule has 0 amide bonds. The van der Waals surface area contributed by atoms with Gasteiger partial charge in [0, 0.05) is 12.1 Å². The van der Waals surface area contributed by atoms with Crippen molar-refractivity contribution >= 4 is 6.29 Å². The first-order valence-corrected chi connectivity index (χ1v) is 7.35. The predicted molar refractivity (Wildman–Crippen MR) is 85.3 cm³/mol. The van der Waals surface area contributed by atoms with Crippen LogP contribution in [0.2, 0.25) is 0 Å². The Hall–Kier alpha value is -2.43. The van der Waals surface area contributed by atoms with Gasteiger partial charge in [0.2, 0.25) is 0 Å². The van der Waals surface area contributed by atoms with Crippen LogP contribution in [-0.4, -0.2) is 22.7 Å². The van der Waals surface area contributed by atoms with Crippen LogP contribution in [-0.2, 0) is 6.54 Å². The topological polar surface area (TPSA) is 61.2 Å². The van der Waals surface area contributed by atoms with Gasteiger partial charge in [-0.3, -0.25) is 9.59 Å². The first kappa shape index (κ1) is 15.9. The number of benzene rings is 1. The number of aryl methyl sites for hydroxylation is 1. The lowest BCUT2D eigenvalue weighted by atomic mass is 10.1. The van der Waals surface area contributed by atoms with Crippen molar-refractivity contribution in [1.29, 1.82) is 0 Å². The molecule has 0 atom stereocenters. The summed E-state index contributed by atoms with van der Waals surface area (Å²) < 4.78 is 6.93. The molecule has 116 valence electrons. The lowest BCUT2D eigenvalue weighted by Gasteiger charge is -2.10. The van der Waals surface area contributed by atoms with Crippen LogP contribution in [0.15, 0.2) is 35.1 Å². The molecule has 2 rings (SSSR count). The number of hydrogen-bond donors (Lipinski definition) is 0. The van der Waals surface area contributed by atoms with Gasteiger partial charge in [0.05, 0.1) is 17.9 Å². The zero-order valence-corrected chi connectivity index (χ0v) is 13.1. The van der Waals surface area contributed by atoms with Gasteiger partial charge in [-0.15, -0.1) is 0 Å². The lowest BCUT2D eigenvalue weighted by molar-refractivity contribution is 0.112. The zero-order chi connectivity index (χ0) is 16.1. The molecule has 0 fully saturated rings. The van der Waals surface area contributed by atoms with E-state index in [-0.39, 0.29) is 11.1 Å². The third-order valence-electron chi connectivity index (χ3n) is 3.16. The van der Waals surface area contributed by atoms with E-state index in [2.05, 4.69) is 18.9 Å². The summed E-state index contributed by atoms with van der Waals surface area (Å²) in [5.41, 5.74) is 1.19. The minimum absolute atomic E-state index is 0.118.